The molecule has 3 heteroatoms. The van der Waals surface area contributed by atoms with E-state index in [1.165, 1.54) is 133 Å². The van der Waals surface area contributed by atoms with E-state index in [-0.39, 0.29) is 10.8 Å². The van der Waals surface area contributed by atoms with E-state index in [1.54, 1.807) is 11.3 Å². The van der Waals surface area contributed by atoms with Crippen molar-refractivity contribution in [1.29, 1.82) is 0 Å². The van der Waals surface area contributed by atoms with Crippen LogP contribution in [0.1, 0.15) is 137 Å². The monoisotopic (exact) mass is 755 g/mol. The second kappa shape index (κ2) is 16.4. The summed E-state index contributed by atoms with van der Waals surface area (Å²) in [5.41, 5.74) is 16.4. The van der Waals surface area contributed by atoms with Crippen LogP contribution in [0.2, 0.25) is 0 Å². The van der Waals surface area contributed by atoms with Crippen molar-refractivity contribution in [2.45, 2.75) is 116 Å². The summed E-state index contributed by atoms with van der Waals surface area (Å²) in [6.45, 7) is 9.33. The highest BCUT2D eigenvalue weighted by Crippen LogP contribution is 2.57. The number of hydrogen-bond acceptors (Lipinski definition) is 3. The molecule has 0 amide bonds. The number of rotatable bonds is 17. The van der Waals surface area contributed by atoms with Crippen molar-refractivity contribution in [3.05, 3.63) is 148 Å². The van der Waals surface area contributed by atoms with Gasteiger partial charge in [-0.1, -0.05) is 152 Å². The van der Waals surface area contributed by atoms with Crippen molar-refractivity contribution in [3.63, 3.8) is 0 Å². The molecule has 2 aliphatic rings. The number of aldehydes is 1. The van der Waals surface area contributed by atoms with Crippen LogP contribution in [0.5, 0.6) is 0 Å². The smallest absolute Gasteiger partial charge is 0.160 e. The van der Waals surface area contributed by atoms with Crippen LogP contribution in [0.15, 0.2) is 121 Å². The summed E-state index contributed by atoms with van der Waals surface area (Å²) in [4.78, 5) is 15.9. The van der Waals surface area contributed by atoms with Crippen LogP contribution in [0.3, 0.4) is 0 Å². The van der Waals surface area contributed by atoms with Crippen LogP contribution in [-0.2, 0) is 10.8 Å². The highest BCUT2D eigenvalue weighted by molar-refractivity contribution is 7.17. The molecular formula is C53H57NOS. The molecule has 56 heavy (non-hydrogen) atoms. The van der Waals surface area contributed by atoms with Crippen molar-refractivity contribution in [1.82, 2.24) is 0 Å². The molecule has 1 heterocycles. The first-order valence-electron chi connectivity index (χ1n) is 21.5. The van der Waals surface area contributed by atoms with Gasteiger partial charge in [-0.15, -0.1) is 11.3 Å². The Morgan fingerprint density at radius 3 is 1.34 bits per heavy atom. The lowest BCUT2D eigenvalue weighted by Crippen LogP contribution is -2.26. The van der Waals surface area contributed by atoms with E-state index in [0.717, 1.165) is 27.3 Å². The predicted molar refractivity (Wildman–Crippen MR) is 240 cm³/mol. The minimum absolute atomic E-state index is 0.00792. The van der Waals surface area contributed by atoms with E-state index in [9.17, 15) is 4.79 Å². The summed E-state index contributed by atoms with van der Waals surface area (Å²) in [6.07, 6.45) is 15.2. The van der Waals surface area contributed by atoms with Crippen LogP contribution >= 0.6 is 11.3 Å². The first kappa shape index (κ1) is 38.2. The van der Waals surface area contributed by atoms with Gasteiger partial charge < -0.3 is 4.90 Å². The number of benzene rings is 5. The van der Waals surface area contributed by atoms with Crippen LogP contribution in [0.25, 0.3) is 32.7 Å². The summed E-state index contributed by atoms with van der Waals surface area (Å²) in [7, 11) is 0. The Bertz CT molecular complexity index is 2180. The summed E-state index contributed by atoms with van der Waals surface area (Å²) >= 11 is 1.55. The zero-order chi connectivity index (χ0) is 38.7. The molecule has 2 nitrogen and oxygen atoms in total. The fraction of sp³-hybridized carbons (Fsp3) is 0.340. The Kier molecular flexibility index (Phi) is 11.2. The van der Waals surface area contributed by atoms with Gasteiger partial charge in [0.15, 0.2) is 6.29 Å². The van der Waals surface area contributed by atoms with E-state index < -0.39 is 0 Å². The minimum atomic E-state index is 0.00792. The molecule has 0 radical (unpaired) electrons. The molecule has 0 saturated heterocycles. The molecule has 2 aliphatic carbocycles. The predicted octanol–water partition coefficient (Wildman–Crippen LogP) is 16.0. The van der Waals surface area contributed by atoms with Crippen LogP contribution in [0, 0.1) is 0 Å². The summed E-state index contributed by atoms with van der Waals surface area (Å²) in [6, 6.07) is 46.2. The second-order valence-electron chi connectivity index (χ2n) is 16.3. The van der Waals surface area contributed by atoms with Crippen LogP contribution < -0.4 is 4.90 Å². The largest absolute Gasteiger partial charge is 0.310 e. The Morgan fingerprint density at radius 2 is 0.911 bits per heavy atom. The lowest BCUT2D eigenvalue weighted by molar-refractivity contribution is 0.112. The Labute approximate surface area is 339 Å². The minimum Gasteiger partial charge on any atom is -0.310 e. The zero-order valence-electron chi connectivity index (χ0n) is 33.9. The lowest BCUT2D eigenvalue weighted by atomic mass is 9.70. The lowest BCUT2D eigenvalue weighted by Gasteiger charge is -2.35. The molecule has 0 unspecified atom stereocenters. The molecule has 0 spiro atoms. The first-order valence-corrected chi connectivity index (χ1v) is 22.3. The Morgan fingerprint density at radius 1 is 0.482 bits per heavy atom. The molecule has 286 valence electrons. The third-order valence-electron chi connectivity index (χ3n) is 13.0. The van der Waals surface area contributed by atoms with Gasteiger partial charge in [0.25, 0.3) is 0 Å². The maximum Gasteiger partial charge on any atom is 0.160 e. The number of fused-ring (bicyclic) bond motifs is 6. The Hall–Kier alpha value is -4.73. The number of anilines is 3. The maximum atomic E-state index is 11.5. The van der Waals surface area contributed by atoms with Gasteiger partial charge in [-0.3, -0.25) is 4.79 Å². The van der Waals surface area contributed by atoms with Gasteiger partial charge in [0.05, 0.1) is 4.88 Å². The zero-order valence-corrected chi connectivity index (χ0v) is 34.7. The van der Waals surface area contributed by atoms with E-state index in [1.807, 2.05) is 6.07 Å². The third-order valence-corrected chi connectivity index (χ3v) is 14.1. The number of carbonyl (C=O) groups excluding carboxylic acids is 1. The first-order chi connectivity index (χ1) is 27.5. The SMILES string of the molecule is CCCCC1(CCCC)c2ccccc2-c2ccc(N(c3ccc(-c4ccc(C=O)s4)cc3)c3ccc4c(c3)C(CCCC)(CCCC)c3ccccc3-4)cc21. The van der Waals surface area contributed by atoms with Crippen molar-refractivity contribution in [2.75, 3.05) is 4.90 Å². The molecule has 6 aromatic rings. The number of nitrogens with zero attached hydrogens (tertiary/aromatic N) is 1. The van der Waals surface area contributed by atoms with E-state index in [2.05, 4.69) is 148 Å². The molecule has 0 atom stereocenters. The van der Waals surface area contributed by atoms with Crippen LogP contribution in [0.4, 0.5) is 17.1 Å². The fourth-order valence-electron chi connectivity index (χ4n) is 10.2. The van der Waals surface area contributed by atoms with Crippen LogP contribution in [-0.4, -0.2) is 6.29 Å². The molecule has 0 N–H and O–H groups in total. The van der Waals surface area contributed by atoms with Gasteiger partial charge in [0, 0.05) is 32.8 Å². The van der Waals surface area contributed by atoms with Gasteiger partial charge >= 0.3 is 0 Å². The molecule has 0 fully saturated rings. The van der Waals surface area contributed by atoms with Gasteiger partial charge in [0.2, 0.25) is 0 Å². The van der Waals surface area contributed by atoms with E-state index in [4.69, 9.17) is 0 Å². The number of thiophene rings is 1. The van der Waals surface area contributed by atoms with E-state index >= 15 is 0 Å². The molecule has 0 aliphatic heterocycles. The normalized spacial score (nSPS) is 14.2. The van der Waals surface area contributed by atoms with Gasteiger partial charge in [-0.25, -0.2) is 0 Å². The standard InChI is InChI=1S/C53H57NOS/c1-5-9-31-52(32-10-6-2)47-19-15-13-17-43(47)45-28-25-40(35-49(45)52)54(39-23-21-38(22-24-39)51-30-27-42(37-55)56-51)41-26-29-46-44-18-14-16-20-48(44)53(33-11-7-3,34-12-8-4)50(46)36-41/h13-30,35-37H,5-12,31-34H2,1-4H3. The van der Waals surface area contributed by atoms with Gasteiger partial charge in [-0.2, -0.15) is 0 Å². The second-order valence-corrected chi connectivity index (χ2v) is 17.4. The summed E-state index contributed by atoms with van der Waals surface area (Å²) in [5.74, 6) is 0. The topological polar surface area (TPSA) is 20.3 Å². The highest BCUT2D eigenvalue weighted by Gasteiger charge is 2.44. The number of carbonyl (C=O) groups is 1. The number of hydrogen-bond donors (Lipinski definition) is 0. The fourth-order valence-corrected chi connectivity index (χ4v) is 11.0. The molecule has 5 aromatic carbocycles. The Balaban J connectivity index is 1.32. The molecule has 1 aromatic heterocycles. The van der Waals surface area contributed by atoms with Crippen molar-refractivity contribution < 1.29 is 4.79 Å². The molecular weight excluding hydrogens is 699 g/mol. The highest BCUT2D eigenvalue weighted by atomic mass is 32.1. The van der Waals surface area contributed by atoms with Crippen molar-refractivity contribution in [2.24, 2.45) is 0 Å². The summed E-state index contributed by atoms with van der Waals surface area (Å²) in [5, 5.41) is 0. The average Bonchev–Trinajstić information content (AvgIpc) is 3.92. The average molecular weight is 756 g/mol. The quantitative estimate of drug-likeness (QED) is 0.0864. The van der Waals surface area contributed by atoms with E-state index in [0.29, 0.717) is 0 Å². The molecule has 8 rings (SSSR count). The molecule has 0 bridgehead atoms. The van der Waals surface area contributed by atoms with Crippen molar-refractivity contribution >= 4 is 34.7 Å². The summed E-state index contributed by atoms with van der Waals surface area (Å²) < 4.78 is 0. The van der Waals surface area contributed by atoms with Gasteiger partial charge in [0.1, 0.15) is 0 Å². The maximum absolute atomic E-state index is 11.5. The van der Waals surface area contributed by atoms with Gasteiger partial charge in [-0.05, 0) is 124 Å². The van der Waals surface area contributed by atoms with Crippen molar-refractivity contribution in [3.8, 4) is 32.7 Å². The molecule has 0 saturated carbocycles. The third kappa shape index (κ3) is 6.56. The number of unbranched alkanes of at least 4 members (excludes halogenated alkanes) is 4.